The van der Waals surface area contributed by atoms with Gasteiger partial charge in [-0.05, 0) is 36.2 Å². The van der Waals surface area contributed by atoms with Gasteiger partial charge < -0.3 is 10.8 Å². The number of hydrogen-bond acceptors (Lipinski definition) is 3. The number of amidine groups is 1. The Bertz CT molecular complexity index is 728. The molecule has 120 valence electrons. The molecule has 0 aliphatic heterocycles. The van der Waals surface area contributed by atoms with Crippen molar-refractivity contribution in [3.05, 3.63) is 65.2 Å². The number of nitrogens with zero attached hydrogens (tertiary/aromatic N) is 1. The van der Waals surface area contributed by atoms with E-state index in [2.05, 4.69) is 4.99 Å². The summed E-state index contributed by atoms with van der Waals surface area (Å²) in [5.41, 5.74) is 7.00. The third kappa shape index (κ3) is 4.69. The zero-order valence-corrected chi connectivity index (χ0v) is 12.3. The minimum absolute atomic E-state index is 0.0358. The van der Waals surface area contributed by atoms with Gasteiger partial charge in [-0.2, -0.15) is 0 Å². The Balaban J connectivity index is 2.07. The van der Waals surface area contributed by atoms with E-state index in [1.807, 2.05) is 0 Å². The average Bonchev–Trinajstić information content (AvgIpc) is 2.49. The molecule has 0 aliphatic carbocycles. The fourth-order valence-electron chi connectivity index (χ4n) is 2.05. The van der Waals surface area contributed by atoms with E-state index in [-0.39, 0.29) is 24.4 Å². The Labute approximate surface area is 132 Å². The molecule has 0 bridgehead atoms. The molecule has 0 amide bonds. The molecule has 6 heteroatoms. The van der Waals surface area contributed by atoms with Crippen LogP contribution < -0.4 is 5.73 Å². The Morgan fingerprint density at radius 1 is 1.13 bits per heavy atom. The van der Waals surface area contributed by atoms with Crippen molar-refractivity contribution in [1.29, 1.82) is 0 Å². The van der Waals surface area contributed by atoms with Gasteiger partial charge in [0.25, 0.3) is 0 Å². The van der Waals surface area contributed by atoms with Crippen LogP contribution in [0.25, 0.3) is 0 Å². The molecule has 2 aromatic rings. The van der Waals surface area contributed by atoms with Crippen LogP contribution in [0.5, 0.6) is 0 Å². The Hall–Kier alpha value is -2.60. The highest BCUT2D eigenvalue weighted by atomic mass is 19.1. The van der Waals surface area contributed by atoms with Gasteiger partial charge in [-0.25, -0.2) is 13.8 Å². The van der Waals surface area contributed by atoms with Crippen LogP contribution >= 0.6 is 0 Å². The fraction of sp³-hybridized carbons (Fsp3) is 0.176. The van der Waals surface area contributed by atoms with Crippen LogP contribution in [0.2, 0.25) is 0 Å². The Kier molecular flexibility index (Phi) is 5.54. The van der Waals surface area contributed by atoms with Crippen molar-refractivity contribution >= 4 is 17.3 Å². The summed E-state index contributed by atoms with van der Waals surface area (Å²) in [5, 5.41) is 8.84. The predicted octanol–water partition coefficient (Wildman–Crippen LogP) is 2.76. The summed E-state index contributed by atoms with van der Waals surface area (Å²) < 4.78 is 26.4. The molecule has 0 spiro atoms. The summed E-state index contributed by atoms with van der Waals surface area (Å²) in [7, 11) is 0. The molecular formula is C17H16F2N2O2. The standard InChI is InChI=1S/C17H16F2N2O2/c18-12-3-6-14(15(19)9-12)16(23)10-17(20)21-13-4-1-11(2-5-13)7-8-22/h1-6,9,22H,7-8,10H2,(H2,20,21). The minimum Gasteiger partial charge on any atom is -0.396 e. The Morgan fingerprint density at radius 3 is 2.43 bits per heavy atom. The van der Waals surface area contributed by atoms with E-state index in [0.29, 0.717) is 18.2 Å². The van der Waals surface area contributed by atoms with E-state index < -0.39 is 17.4 Å². The summed E-state index contributed by atoms with van der Waals surface area (Å²) in [6.45, 7) is 0.0580. The molecule has 0 fully saturated rings. The predicted molar refractivity (Wildman–Crippen MR) is 83.8 cm³/mol. The van der Waals surface area contributed by atoms with E-state index >= 15 is 0 Å². The van der Waals surface area contributed by atoms with E-state index in [4.69, 9.17) is 10.8 Å². The number of halogens is 2. The second-order valence-electron chi connectivity index (χ2n) is 4.97. The molecule has 2 rings (SSSR count). The largest absolute Gasteiger partial charge is 0.396 e. The van der Waals surface area contributed by atoms with Crippen LogP contribution in [0.4, 0.5) is 14.5 Å². The number of aliphatic imine (C=N–C) groups is 1. The van der Waals surface area contributed by atoms with E-state index in [1.54, 1.807) is 24.3 Å². The van der Waals surface area contributed by atoms with Crippen LogP contribution in [0.1, 0.15) is 22.3 Å². The number of benzene rings is 2. The van der Waals surface area contributed by atoms with Gasteiger partial charge in [-0.1, -0.05) is 12.1 Å². The lowest BCUT2D eigenvalue weighted by atomic mass is 10.1. The molecule has 0 heterocycles. The lowest BCUT2D eigenvalue weighted by molar-refractivity contribution is 0.0996. The van der Waals surface area contributed by atoms with Gasteiger partial charge in [-0.15, -0.1) is 0 Å². The highest BCUT2D eigenvalue weighted by Crippen LogP contribution is 2.15. The third-order valence-electron chi connectivity index (χ3n) is 3.18. The minimum atomic E-state index is -0.920. The van der Waals surface area contributed by atoms with Crippen LogP contribution in [-0.2, 0) is 6.42 Å². The molecule has 4 nitrogen and oxygen atoms in total. The Morgan fingerprint density at radius 2 is 1.83 bits per heavy atom. The van der Waals surface area contributed by atoms with Gasteiger partial charge in [0.2, 0.25) is 0 Å². The first-order valence-corrected chi connectivity index (χ1v) is 7.00. The molecule has 0 unspecified atom stereocenters. The number of aliphatic hydroxyl groups is 1. The average molecular weight is 318 g/mol. The zero-order chi connectivity index (χ0) is 16.8. The molecule has 0 radical (unpaired) electrons. The molecule has 0 saturated heterocycles. The maximum Gasteiger partial charge on any atom is 0.173 e. The normalized spacial score (nSPS) is 11.5. The van der Waals surface area contributed by atoms with Crippen molar-refractivity contribution < 1.29 is 18.7 Å². The SMILES string of the molecule is NC(CC(=O)c1ccc(F)cc1F)=Nc1ccc(CCO)cc1. The number of carbonyl (C=O) groups is 1. The van der Waals surface area contributed by atoms with E-state index in [0.717, 1.165) is 17.7 Å². The maximum atomic E-state index is 13.5. The first kappa shape index (κ1) is 16.8. The number of Topliss-reactive ketones (excluding diaryl/α,β-unsaturated/α-hetero) is 1. The van der Waals surface area contributed by atoms with Crippen molar-refractivity contribution in [3.8, 4) is 0 Å². The summed E-state index contributed by atoms with van der Waals surface area (Å²) in [5.74, 6) is -2.20. The van der Waals surface area contributed by atoms with Gasteiger partial charge in [0.05, 0.1) is 17.7 Å². The van der Waals surface area contributed by atoms with Crippen molar-refractivity contribution in [1.82, 2.24) is 0 Å². The van der Waals surface area contributed by atoms with Crippen molar-refractivity contribution in [2.75, 3.05) is 6.61 Å². The fourth-order valence-corrected chi connectivity index (χ4v) is 2.05. The number of aliphatic hydroxyl groups excluding tert-OH is 1. The summed E-state index contributed by atoms with van der Waals surface area (Å²) in [6.07, 6.45) is 0.281. The van der Waals surface area contributed by atoms with Crippen LogP contribution in [-0.4, -0.2) is 23.3 Å². The monoisotopic (exact) mass is 318 g/mol. The molecular weight excluding hydrogens is 302 g/mol. The van der Waals surface area contributed by atoms with Gasteiger partial charge in [-0.3, -0.25) is 4.79 Å². The molecule has 3 N–H and O–H groups in total. The smallest absolute Gasteiger partial charge is 0.173 e. The highest BCUT2D eigenvalue weighted by Gasteiger charge is 2.14. The maximum absolute atomic E-state index is 13.5. The van der Waals surface area contributed by atoms with Crippen molar-refractivity contribution in [2.45, 2.75) is 12.8 Å². The van der Waals surface area contributed by atoms with Crippen molar-refractivity contribution in [2.24, 2.45) is 10.7 Å². The van der Waals surface area contributed by atoms with E-state index in [9.17, 15) is 13.6 Å². The van der Waals surface area contributed by atoms with Crippen molar-refractivity contribution in [3.63, 3.8) is 0 Å². The van der Waals surface area contributed by atoms with Crippen LogP contribution in [0.3, 0.4) is 0 Å². The number of rotatable bonds is 6. The number of nitrogens with two attached hydrogens (primary N) is 1. The summed E-state index contributed by atoms with van der Waals surface area (Å²) in [4.78, 5) is 16.1. The summed E-state index contributed by atoms with van der Waals surface area (Å²) >= 11 is 0. The number of ketones is 1. The lowest BCUT2D eigenvalue weighted by Gasteiger charge is -2.04. The van der Waals surface area contributed by atoms with E-state index in [1.165, 1.54) is 0 Å². The first-order valence-electron chi connectivity index (χ1n) is 7.00. The zero-order valence-electron chi connectivity index (χ0n) is 12.3. The number of hydrogen-bond donors (Lipinski definition) is 2. The molecule has 23 heavy (non-hydrogen) atoms. The topological polar surface area (TPSA) is 75.7 Å². The highest BCUT2D eigenvalue weighted by molar-refractivity contribution is 6.09. The molecule has 0 aliphatic rings. The second-order valence-corrected chi connectivity index (χ2v) is 4.97. The third-order valence-corrected chi connectivity index (χ3v) is 3.18. The molecule has 0 saturated carbocycles. The van der Waals surface area contributed by atoms with Crippen LogP contribution in [0.15, 0.2) is 47.5 Å². The number of carbonyl (C=O) groups excluding carboxylic acids is 1. The first-order chi connectivity index (χ1) is 11.0. The second kappa shape index (κ2) is 7.60. The summed E-state index contributed by atoms with van der Waals surface area (Å²) in [6, 6.07) is 9.77. The molecule has 0 aromatic heterocycles. The van der Waals surface area contributed by atoms with Gasteiger partial charge in [0.15, 0.2) is 5.78 Å². The molecule has 0 atom stereocenters. The van der Waals surface area contributed by atoms with Crippen LogP contribution in [0, 0.1) is 11.6 Å². The lowest BCUT2D eigenvalue weighted by Crippen LogP contribution is -2.17. The van der Waals surface area contributed by atoms with Gasteiger partial charge >= 0.3 is 0 Å². The van der Waals surface area contributed by atoms with Gasteiger partial charge in [0, 0.05) is 12.7 Å². The van der Waals surface area contributed by atoms with Gasteiger partial charge in [0.1, 0.15) is 17.5 Å². The quantitative estimate of drug-likeness (QED) is 0.488. The molecule has 2 aromatic carbocycles.